The van der Waals surface area contributed by atoms with Crippen LogP contribution in [0.25, 0.3) is 11.2 Å². The van der Waals surface area contributed by atoms with Gasteiger partial charge in [0.1, 0.15) is 11.8 Å². The number of anilines is 1. The van der Waals surface area contributed by atoms with E-state index < -0.39 is 0 Å². The highest BCUT2D eigenvalue weighted by Gasteiger charge is 2.07. The van der Waals surface area contributed by atoms with Crippen LogP contribution in [0.5, 0.6) is 0 Å². The van der Waals surface area contributed by atoms with E-state index in [0.29, 0.717) is 23.5 Å². The van der Waals surface area contributed by atoms with Gasteiger partial charge >= 0.3 is 0 Å². The normalized spacial score (nSPS) is 10.8. The third-order valence-electron chi connectivity index (χ3n) is 1.64. The zero-order valence-electron chi connectivity index (χ0n) is 6.60. The fourth-order valence-corrected chi connectivity index (χ4v) is 1.07. The molecule has 2 N–H and O–H groups in total. The molecule has 0 radical (unpaired) electrons. The van der Waals surface area contributed by atoms with Crippen LogP contribution in [0.15, 0.2) is 6.33 Å². The summed E-state index contributed by atoms with van der Waals surface area (Å²) < 4.78 is 1.67. The lowest BCUT2D eigenvalue weighted by molar-refractivity contribution is 0.646. The zero-order valence-corrected chi connectivity index (χ0v) is 6.60. The zero-order chi connectivity index (χ0) is 8.55. The monoisotopic (exact) mass is 164 g/mol. The highest BCUT2D eigenvalue weighted by molar-refractivity contribution is 5.80. The standard InChI is InChI=1S/C6H8N6/c1-2-12-4-5(7)8-3-9-6(4)10-11-12/h3H,2H2,1H3,(H2,7,8,9). The molecule has 62 valence electrons. The Kier molecular flexibility index (Phi) is 1.39. The van der Waals surface area contributed by atoms with E-state index in [1.54, 1.807) is 4.68 Å². The SMILES string of the molecule is CCn1nnc2ncnc(N)c21. The molecule has 6 nitrogen and oxygen atoms in total. The fraction of sp³-hybridized carbons (Fsp3) is 0.333. The van der Waals surface area contributed by atoms with E-state index in [9.17, 15) is 0 Å². The van der Waals surface area contributed by atoms with Crippen molar-refractivity contribution in [2.24, 2.45) is 0 Å². The molecule has 0 saturated carbocycles. The summed E-state index contributed by atoms with van der Waals surface area (Å²) in [5, 5.41) is 7.69. The van der Waals surface area contributed by atoms with Gasteiger partial charge in [0.05, 0.1) is 0 Å². The summed E-state index contributed by atoms with van der Waals surface area (Å²) in [4.78, 5) is 7.78. The Hall–Kier alpha value is -1.72. The molecule has 2 aromatic heterocycles. The van der Waals surface area contributed by atoms with Crippen molar-refractivity contribution < 1.29 is 0 Å². The highest BCUT2D eigenvalue weighted by Crippen LogP contribution is 2.12. The van der Waals surface area contributed by atoms with Gasteiger partial charge in [-0.1, -0.05) is 5.21 Å². The van der Waals surface area contributed by atoms with E-state index in [1.807, 2.05) is 6.92 Å². The largest absolute Gasteiger partial charge is 0.382 e. The number of fused-ring (bicyclic) bond motifs is 1. The minimum Gasteiger partial charge on any atom is -0.382 e. The quantitative estimate of drug-likeness (QED) is 0.632. The molecule has 0 aromatic carbocycles. The lowest BCUT2D eigenvalue weighted by Crippen LogP contribution is -2.00. The molecule has 0 aliphatic rings. The van der Waals surface area contributed by atoms with Crippen LogP contribution in [0.1, 0.15) is 6.92 Å². The molecule has 2 heterocycles. The number of hydrogen-bond acceptors (Lipinski definition) is 5. The summed E-state index contributed by atoms with van der Waals surface area (Å²) in [6.07, 6.45) is 1.38. The van der Waals surface area contributed by atoms with Crippen molar-refractivity contribution in [1.82, 2.24) is 25.0 Å². The molecule has 2 aromatic rings. The molecule has 0 aliphatic heterocycles. The smallest absolute Gasteiger partial charge is 0.207 e. The molecule has 0 spiro atoms. The molecule has 12 heavy (non-hydrogen) atoms. The summed E-state index contributed by atoms with van der Waals surface area (Å²) in [6.45, 7) is 2.68. The highest BCUT2D eigenvalue weighted by atomic mass is 15.4. The van der Waals surface area contributed by atoms with E-state index in [-0.39, 0.29) is 0 Å². The topological polar surface area (TPSA) is 82.5 Å². The van der Waals surface area contributed by atoms with Gasteiger partial charge < -0.3 is 5.73 Å². The first kappa shape index (κ1) is 6.96. The summed E-state index contributed by atoms with van der Waals surface area (Å²) in [6, 6.07) is 0. The average Bonchev–Trinajstić information content (AvgIpc) is 2.49. The predicted molar refractivity (Wildman–Crippen MR) is 43.2 cm³/mol. The van der Waals surface area contributed by atoms with E-state index >= 15 is 0 Å². The van der Waals surface area contributed by atoms with E-state index in [2.05, 4.69) is 20.3 Å². The molecule has 0 atom stereocenters. The molecule has 0 saturated heterocycles. The number of rotatable bonds is 1. The minimum absolute atomic E-state index is 0.423. The molecule has 0 amide bonds. The number of aromatic nitrogens is 5. The van der Waals surface area contributed by atoms with Gasteiger partial charge in [-0.25, -0.2) is 14.6 Å². The maximum Gasteiger partial charge on any atom is 0.207 e. The number of nitrogens with two attached hydrogens (primary N) is 1. The minimum atomic E-state index is 0.423. The molecule has 0 bridgehead atoms. The van der Waals surface area contributed by atoms with E-state index in [0.717, 1.165) is 0 Å². The Morgan fingerprint density at radius 1 is 1.50 bits per heavy atom. The third kappa shape index (κ3) is 0.810. The fourth-order valence-electron chi connectivity index (χ4n) is 1.07. The lowest BCUT2D eigenvalue weighted by atomic mass is 10.5. The van der Waals surface area contributed by atoms with Crippen LogP contribution in [0.2, 0.25) is 0 Å². The first-order chi connectivity index (χ1) is 5.83. The van der Waals surface area contributed by atoms with Crippen LogP contribution in [0.3, 0.4) is 0 Å². The summed E-state index contributed by atoms with van der Waals surface area (Å²) in [5.74, 6) is 0.423. The second-order valence-electron chi connectivity index (χ2n) is 2.34. The number of nitrogens with zero attached hydrogens (tertiary/aromatic N) is 5. The predicted octanol–water partition coefficient (Wildman–Crippen LogP) is -0.177. The van der Waals surface area contributed by atoms with Gasteiger partial charge in [0, 0.05) is 6.54 Å². The number of aryl methyl sites for hydroxylation is 1. The van der Waals surface area contributed by atoms with Crippen molar-refractivity contribution >= 4 is 17.0 Å². The van der Waals surface area contributed by atoms with Crippen molar-refractivity contribution in [2.45, 2.75) is 13.5 Å². The molecular weight excluding hydrogens is 156 g/mol. The van der Waals surface area contributed by atoms with Gasteiger partial charge in [-0.15, -0.1) is 5.10 Å². The number of hydrogen-bond donors (Lipinski definition) is 1. The molecule has 2 rings (SSSR count). The van der Waals surface area contributed by atoms with Crippen LogP contribution in [0.4, 0.5) is 5.82 Å². The van der Waals surface area contributed by atoms with Gasteiger partial charge in [0.2, 0.25) is 5.65 Å². The van der Waals surface area contributed by atoms with Crippen molar-refractivity contribution in [3.05, 3.63) is 6.33 Å². The van der Waals surface area contributed by atoms with E-state index in [4.69, 9.17) is 5.73 Å². The molecular formula is C6H8N6. The van der Waals surface area contributed by atoms with Crippen LogP contribution in [-0.2, 0) is 6.54 Å². The summed E-state index contributed by atoms with van der Waals surface area (Å²) >= 11 is 0. The van der Waals surface area contributed by atoms with Crippen molar-refractivity contribution in [1.29, 1.82) is 0 Å². The Balaban J connectivity index is 2.83. The summed E-state index contributed by atoms with van der Waals surface area (Å²) in [7, 11) is 0. The van der Waals surface area contributed by atoms with Crippen LogP contribution in [0, 0.1) is 0 Å². The maximum atomic E-state index is 5.63. The van der Waals surface area contributed by atoms with E-state index in [1.165, 1.54) is 6.33 Å². The van der Waals surface area contributed by atoms with Gasteiger partial charge in [0.25, 0.3) is 0 Å². The molecule has 6 heteroatoms. The summed E-state index contributed by atoms with van der Waals surface area (Å²) in [5.41, 5.74) is 6.88. The molecule has 0 unspecified atom stereocenters. The van der Waals surface area contributed by atoms with Gasteiger partial charge in [-0.2, -0.15) is 0 Å². The lowest BCUT2D eigenvalue weighted by Gasteiger charge is -1.96. The van der Waals surface area contributed by atoms with Crippen LogP contribution < -0.4 is 5.73 Å². The second kappa shape index (κ2) is 2.40. The number of nitrogen functional groups attached to an aromatic ring is 1. The molecule has 0 fully saturated rings. The first-order valence-corrected chi connectivity index (χ1v) is 3.62. The Labute approximate surface area is 68.4 Å². The third-order valence-corrected chi connectivity index (χ3v) is 1.64. The molecule has 0 aliphatic carbocycles. The van der Waals surface area contributed by atoms with Crippen LogP contribution >= 0.6 is 0 Å². The Morgan fingerprint density at radius 3 is 3.08 bits per heavy atom. The van der Waals surface area contributed by atoms with Crippen molar-refractivity contribution in [2.75, 3.05) is 5.73 Å². The van der Waals surface area contributed by atoms with Gasteiger partial charge in [-0.3, -0.25) is 0 Å². The van der Waals surface area contributed by atoms with Crippen molar-refractivity contribution in [3.63, 3.8) is 0 Å². The van der Waals surface area contributed by atoms with Gasteiger partial charge in [-0.05, 0) is 6.92 Å². The maximum absolute atomic E-state index is 5.63. The van der Waals surface area contributed by atoms with Crippen molar-refractivity contribution in [3.8, 4) is 0 Å². The van der Waals surface area contributed by atoms with Crippen LogP contribution in [-0.4, -0.2) is 25.0 Å². The first-order valence-electron chi connectivity index (χ1n) is 3.62. The van der Waals surface area contributed by atoms with Gasteiger partial charge in [0.15, 0.2) is 5.82 Å². The average molecular weight is 164 g/mol. The Bertz CT molecular complexity index is 405. The second-order valence-corrected chi connectivity index (χ2v) is 2.34. The Morgan fingerprint density at radius 2 is 2.33 bits per heavy atom.